The monoisotopic (exact) mass is 472 g/mol. The van der Waals surface area contributed by atoms with E-state index < -0.39 is 17.5 Å². The zero-order valence-electron chi connectivity index (χ0n) is 22.7. The summed E-state index contributed by atoms with van der Waals surface area (Å²) < 4.78 is 0. The van der Waals surface area contributed by atoms with Gasteiger partial charge in [0.2, 0.25) is 0 Å². The molecule has 192 valence electrons. The summed E-state index contributed by atoms with van der Waals surface area (Å²) in [5.74, 6) is 1.16. The second kappa shape index (κ2) is 7.11. The lowest BCUT2D eigenvalue weighted by atomic mass is 9.30. The van der Waals surface area contributed by atoms with Crippen molar-refractivity contribution in [1.82, 2.24) is 0 Å². The van der Waals surface area contributed by atoms with Crippen LogP contribution in [0.2, 0.25) is 0 Å². The Morgan fingerprint density at radius 2 is 1.41 bits per heavy atom. The molecular weight excluding hydrogens is 424 g/mol. The molecule has 0 unspecified atom stereocenters. The highest BCUT2D eigenvalue weighted by Crippen LogP contribution is 2.78. The van der Waals surface area contributed by atoms with Gasteiger partial charge in [0.05, 0.1) is 11.5 Å². The number of hydrogen-bond donors (Lipinski definition) is 2. The van der Waals surface area contributed by atoms with E-state index in [1.54, 1.807) is 0 Å². The number of carboxylic acids is 1. The van der Waals surface area contributed by atoms with Gasteiger partial charge in [0.15, 0.2) is 0 Å². The average Bonchev–Trinajstić information content (AvgIpc) is 2.74. The Hall–Kier alpha value is -0.900. The van der Waals surface area contributed by atoms with Gasteiger partial charge in [-0.2, -0.15) is 0 Å². The molecule has 5 aliphatic carbocycles. The molecule has 0 bridgehead atoms. The van der Waals surface area contributed by atoms with E-state index in [0.29, 0.717) is 30.5 Å². The fourth-order valence-electron chi connectivity index (χ4n) is 11.2. The van der Waals surface area contributed by atoms with Gasteiger partial charge in [0.25, 0.3) is 0 Å². The second-order valence-electron chi connectivity index (χ2n) is 15.1. The van der Waals surface area contributed by atoms with Crippen LogP contribution in [0, 0.1) is 56.2 Å². The Labute approximate surface area is 206 Å². The Bertz CT molecular complexity index is 909. The van der Waals surface area contributed by atoms with E-state index in [4.69, 9.17) is 0 Å². The molecule has 2 N–H and O–H groups in total. The molecule has 5 rings (SSSR count). The molecule has 0 aromatic rings. The molecule has 4 heteroatoms. The number of aliphatic hydroxyl groups excluding tert-OH is 1. The van der Waals surface area contributed by atoms with Crippen molar-refractivity contribution in [2.24, 2.45) is 56.2 Å². The minimum atomic E-state index is -0.800. The second-order valence-corrected chi connectivity index (χ2v) is 15.1. The van der Waals surface area contributed by atoms with E-state index in [-0.39, 0.29) is 38.9 Å². The lowest BCUT2D eigenvalue weighted by Gasteiger charge is -2.74. The van der Waals surface area contributed by atoms with Crippen molar-refractivity contribution in [3.8, 4) is 0 Å². The van der Waals surface area contributed by atoms with Crippen LogP contribution in [-0.2, 0) is 9.59 Å². The van der Waals surface area contributed by atoms with Crippen LogP contribution in [-0.4, -0.2) is 28.1 Å². The van der Waals surface area contributed by atoms with Gasteiger partial charge in [0.1, 0.15) is 5.78 Å². The van der Waals surface area contributed by atoms with E-state index in [1.807, 2.05) is 0 Å². The molecule has 5 aliphatic rings. The van der Waals surface area contributed by atoms with Crippen molar-refractivity contribution in [2.75, 3.05) is 0 Å². The maximum absolute atomic E-state index is 12.9. The van der Waals surface area contributed by atoms with Crippen molar-refractivity contribution in [2.45, 2.75) is 119 Å². The zero-order valence-corrected chi connectivity index (χ0v) is 22.7. The highest BCUT2D eigenvalue weighted by Gasteiger charge is 2.73. The van der Waals surface area contributed by atoms with Crippen LogP contribution in [0.5, 0.6) is 0 Å². The highest BCUT2D eigenvalue weighted by molar-refractivity contribution is 5.82. The van der Waals surface area contributed by atoms with E-state index in [2.05, 4.69) is 48.5 Å². The van der Waals surface area contributed by atoms with Crippen LogP contribution in [0.15, 0.2) is 0 Å². The normalized spacial score (nSPS) is 56.5. The van der Waals surface area contributed by atoms with Crippen molar-refractivity contribution >= 4 is 11.8 Å². The smallest absolute Gasteiger partial charge is 0.310 e. The Morgan fingerprint density at radius 1 is 0.794 bits per heavy atom. The number of fused-ring (bicyclic) bond motifs is 7. The summed E-state index contributed by atoms with van der Waals surface area (Å²) in [5, 5.41) is 21.6. The number of rotatable bonds is 1. The first kappa shape index (κ1) is 24.8. The molecule has 0 radical (unpaired) electrons. The Balaban J connectivity index is 1.58. The average molecular weight is 473 g/mol. The van der Waals surface area contributed by atoms with Crippen LogP contribution in [0.25, 0.3) is 0 Å². The summed E-state index contributed by atoms with van der Waals surface area (Å²) in [7, 11) is 0. The van der Waals surface area contributed by atoms with Crippen LogP contribution in [0.3, 0.4) is 0 Å². The third kappa shape index (κ3) is 2.76. The first-order valence-corrected chi connectivity index (χ1v) is 14.0. The van der Waals surface area contributed by atoms with Gasteiger partial charge in [-0.3, -0.25) is 9.59 Å². The molecule has 0 heterocycles. The zero-order chi connectivity index (χ0) is 25.1. The summed E-state index contributed by atoms with van der Waals surface area (Å²) in [4.78, 5) is 25.6. The fourth-order valence-corrected chi connectivity index (χ4v) is 11.2. The summed E-state index contributed by atoms with van der Waals surface area (Å²) in [5.41, 5.74) is -0.699. The maximum atomic E-state index is 12.9. The van der Waals surface area contributed by atoms with Gasteiger partial charge < -0.3 is 10.2 Å². The van der Waals surface area contributed by atoms with Crippen molar-refractivity contribution in [1.29, 1.82) is 0 Å². The SMILES string of the molecule is C[C@H]1C(=O)CC[C@@H]2[C@]1(C)CC[C@H]1[C@@]2(C)CC[C@@]2(C)[C@@H]3CC(C)(C)[C@H](O)C[C@]3(C(=O)O)CC[C@]12C. The van der Waals surface area contributed by atoms with Crippen molar-refractivity contribution < 1.29 is 19.8 Å². The number of ketones is 1. The molecule has 10 atom stereocenters. The number of carbonyl (C=O) groups is 2. The number of hydrogen-bond acceptors (Lipinski definition) is 3. The topological polar surface area (TPSA) is 74.6 Å². The molecule has 0 aromatic heterocycles. The minimum Gasteiger partial charge on any atom is -0.481 e. The van der Waals surface area contributed by atoms with E-state index in [9.17, 15) is 19.8 Å². The Kier molecular flexibility index (Phi) is 5.18. The number of Topliss-reactive ketones (excluding diaryl/α,β-unsaturated/α-hetero) is 1. The first-order chi connectivity index (χ1) is 15.6. The number of aliphatic carboxylic acids is 1. The molecular formula is C30H48O4. The van der Waals surface area contributed by atoms with Crippen LogP contribution >= 0.6 is 0 Å². The van der Waals surface area contributed by atoms with Gasteiger partial charge in [-0.1, -0.05) is 48.5 Å². The van der Waals surface area contributed by atoms with E-state index in [0.717, 1.165) is 51.4 Å². The summed E-state index contributed by atoms with van der Waals surface area (Å²) in [6.45, 7) is 16.3. The predicted molar refractivity (Wildman–Crippen MR) is 133 cm³/mol. The van der Waals surface area contributed by atoms with E-state index in [1.165, 1.54) is 0 Å². The van der Waals surface area contributed by atoms with E-state index >= 15 is 0 Å². The van der Waals surface area contributed by atoms with Crippen LogP contribution in [0.1, 0.15) is 113 Å². The predicted octanol–water partition coefficient (Wildman–Crippen LogP) is 6.49. The first-order valence-electron chi connectivity index (χ1n) is 14.0. The lowest BCUT2D eigenvalue weighted by molar-refractivity contribution is -0.266. The number of carboxylic acid groups (broad SMARTS) is 1. The van der Waals surface area contributed by atoms with Crippen molar-refractivity contribution in [3.05, 3.63) is 0 Å². The summed E-state index contributed by atoms with van der Waals surface area (Å²) in [6.07, 6.45) is 8.51. The van der Waals surface area contributed by atoms with Crippen LogP contribution < -0.4 is 0 Å². The standard InChI is InChI=1S/C30H48O4/c1-18-19(31)8-9-20-26(18,4)11-10-21-27(20,5)12-13-29(7)22-16-25(2,3)23(32)17-30(22,24(33)34)15-14-28(21,29)6/h18,20-23,32H,8-17H2,1-7H3,(H,33,34)/t18-,20+,21-,22-,23+,26+,27-,28+,29-,30+/m0/s1. The quantitative estimate of drug-likeness (QED) is 0.457. The molecule has 0 aliphatic heterocycles. The third-order valence-corrected chi connectivity index (χ3v) is 13.9. The maximum Gasteiger partial charge on any atom is 0.310 e. The molecule has 5 saturated carbocycles. The number of aliphatic hydroxyl groups is 1. The molecule has 5 fully saturated rings. The summed E-state index contributed by atoms with van der Waals surface area (Å²) in [6, 6.07) is 0. The van der Waals surface area contributed by atoms with Gasteiger partial charge in [-0.25, -0.2) is 0 Å². The molecule has 0 saturated heterocycles. The highest BCUT2D eigenvalue weighted by atomic mass is 16.4. The molecule has 0 amide bonds. The van der Waals surface area contributed by atoms with Gasteiger partial charge in [-0.15, -0.1) is 0 Å². The molecule has 0 aromatic carbocycles. The fraction of sp³-hybridized carbons (Fsp3) is 0.933. The van der Waals surface area contributed by atoms with Gasteiger partial charge >= 0.3 is 5.97 Å². The minimum absolute atomic E-state index is 0.0466. The Morgan fingerprint density at radius 3 is 2.06 bits per heavy atom. The van der Waals surface area contributed by atoms with Crippen LogP contribution in [0.4, 0.5) is 0 Å². The molecule has 0 spiro atoms. The lowest BCUT2D eigenvalue weighted by Crippen LogP contribution is -2.69. The summed E-state index contributed by atoms with van der Waals surface area (Å²) >= 11 is 0. The molecule has 4 nitrogen and oxygen atoms in total. The molecule has 34 heavy (non-hydrogen) atoms. The number of carbonyl (C=O) groups excluding carboxylic acids is 1. The van der Waals surface area contributed by atoms with Gasteiger partial charge in [0, 0.05) is 12.3 Å². The van der Waals surface area contributed by atoms with Crippen molar-refractivity contribution in [3.63, 3.8) is 0 Å². The largest absolute Gasteiger partial charge is 0.481 e. The third-order valence-electron chi connectivity index (χ3n) is 13.9. The van der Waals surface area contributed by atoms with Gasteiger partial charge in [-0.05, 0) is 103 Å².